The van der Waals surface area contributed by atoms with E-state index < -0.39 is 35.4 Å². The Morgan fingerprint density at radius 2 is 1.90 bits per heavy atom. The second kappa shape index (κ2) is 8.26. The average Bonchev–Trinajstić information content (AvgIpc) is 3.18. The zero-order chi connectivity index (χ0) is 21.2. The summed E-state index contributed by atoms with van der Waals surface area (Å²) in [5, 5.41) is 14.0. The number of hydrogen-bond donors (Lipinski definition) is 2. The number of nitrogens with one attached hydrogen (secondary N) is 1. The van der Waals surface area contributed by atoms with Gasteiger partial charge >= 0.3 is 6.18 Å². The van der Waals surface area contributed by atoms with Crippen molar-refractivity contribution < 1.29 is 31.9 Å². The predicted molar refractivity (Wildman–Crippen MR) is 96.2 cm³/mol. The Balaban J connectivity index is 1.67. The fourth-order valence-electron chi connectivity index (χ4n) is 2.46. The number of carbonyl (C=O) groups is 1. The molecule has 0 radical (unpaired) electrons. The first-order valence-electron chi connectivity index (χ1n) is 8.19. The van der Waals surface area contributed by atoms with Crippen LogP contribution in [0.25, 0.3) is 10.6 Å². The molecule has 29 heavy (non-hydrogen) atoms. The van der Waals surface area contributed by atoms with Gasteiger partial charge in [-0.15, -0.1) is 11.3 Å². The molecule has 0 fully saturated rings. The van der Waals surface area contributed by atoms with Crippen molar-refractivity contribution >= 4 is 17.2 Å². The van der Waals surface area contributed by atoms with E-state index in [0.29, 0.717) is 0 Å². The van der Waals surface area contributed by atoms with Gasteiger partial charge in [0.25, 0.3) is 5.91 Å². The standard InChI is InChI=1S/C19H13F5N2O2S/c20-13-5-4-10(7-14(13)21)16(27)8-25-17(28)15-9-29-18(26-15)11-2-1-3-12(6-11)19(22,23)24/h1-7,9,16,27H,8H2,(H,25,28). The summed E-state index contributed by atoms with van der Waals surface area (Å²) >= 11 is 0.991. The van der Waals surface area contributed by atoms with Gasteiger partial charge in [0.15, 0.2) is 11.6 Å². The Bertz CT molecular complexity index is 1040. The maximum Gasteiger partial charge on any atom is 0.416 e. The van der Waals surface area contributed by atoms with Crippen LogP contribution in [-0.2, 0) is 6.18 Å². The van der Waals surface area contributed by atoms with Gasteiger partial charge in [0, 0.05) is 17.5 Å². The molecular weight excluding hydrogens is 415 g/mol. The molecule has 0 saturated carbocycles. The van der Waals surface area contributed by atoms with E-state index in [4.69, 9.17) is 0 Å². The zero-order valence-electron chi connectivity index (χ0n) is 14.5. The van der Waals surface area contributed by atoms with E-state index in [2.05, 4.69) is 10.3 Å². The number of thiazole rings is 1. The van der Waals surface area contributed by atoms with Crippen LogP contribution >= 0.6 is 11.3 Å². The van der Waals surface area contributed by atoms with E-state index in [1.54, 1.807) is 0 Å². The Kier molecular flexibility index (Phi) is 5.94. The van der Waals surface area contributed by atoms with Crippen molar-refractivity contribution in [3.05, 3.63) is 76.3 Å². The van der Waals surface area contributed by atoms with Crippen molar-refractivity contribution in [1.82, 2.24) is 10.3 Å². The predicted octanol–water partition coefficient (Wildman–Crippen LogP) is 4.57. The van der Waals surface area contributed by atoms with E-state index in [1.807, 2.05) is 0 Å². The Morgan fingerprint density at radius 3 is 2.59 bits per heavy atom. The molecule has 1 amide bonds. The lowest BCUT2D eigenvalue weighted by molar-refractivity contribution is -0.137. The van der Waals surface area contributed by atoms with E-state index in [-0.39, 0.29) is 28.4 Å². The highest BCUT2D eigenvalue weighted by Crippen LogP contribution is 2.33. The second-order valence-corrected chi connectivity index (χ2v) is 6.87. The summed E-state index contributed by atoms with van der Waals surface area (Å²) in [5.41, 5.74) is -0.580. The lowest BCUT2D eigenvalue weighted by Gasteiger charge is -2.12. The van der Waals surface area contributed by atoms with Gasteiger partial charge in [-0.2, -0.15) is 13.2 Å². The summed E-state index contributed by atoms with van der Waals surface area (Å²) in [6.07, 6.45) is -5.78. The fourth-order valence-corrected chi connectivity index (χ4v) is 3.25. The van der Waals surface area contributed by atoms with Crippen LogP contribution in [0.3, 0.4) is 0 Å². The minimum atomic E-state index is -4.50. The third kappa shape index (κ3) is 4.96. The van der Waals surface area contributed by atoms with Gasteiger partial charge in [-0.05, 0) is 29.8 Å². The van der Waals surface area contributed by atoms with Gasteiger partial charge in [-0.1, -0.05) is 18.2 Å². The molecule has 2 aromatic carbocycles. The molecule has 3 rings (SSSR count). The van der Waals surface area contributed by atoms with Crippen molar-refractivity contribution in [1.29, 1.82) is 0 Å². The number of alkyl halides is 3. The molecule has 4 nitrogen and oxygen atoms in total. The molecule has 1 atom stereocenters. The molecule has 152 valence electrons. The first-order valence-corrected chi connectivity index (χ1v) is 9.07. The molecule has 10 heteroatoms. The van der Waals surface area contributed by atoms with Crippen LogP contribution < -0.4 is 5.32 Å². The zero-order valence-corrected chi connectivity index (χ0v) is 15.3. The maximum atomic E-state index is 13.2. The number of aromatic nitrogens is 1. The summed E-state index contributed by atoms with van der Waals surface area (Å²) < 4.78 is 64.6. The van der Waals surface area contributed by atoms with Crippen molar-refractivity contribution in [2.45, 2.75) is 12.3 Å². The topological polar surface area (TPSA) is 62.2 Å². The van der Waals surface area contributed by atoms with Crippen molar-refractivity contribution in [2.24, 2.45) is 0 Å². The van der Waals surface area contributed by atoms with E-state index in [0.717, 1.165) is 35.6 Å². The Hall–Kier alpha value is -2.85. The molecule has 1 aromatic heterocycles. The Labute approximate surface area is 165 Å². The van der Waals surface area contributed by atoms with E-state index >= 15 is 0 Å². The maximum absolute atomic E-state index is 13.2. The SMILES string of the molecule is O=C(NCC(O)c1ccc(F)c(F)c1)c1csc(-c2cccc(C(F)(F)F)c2)n1. The summed E-state index contributed by atoms with van der Waals surface area (Å²) in [6, 6.07) is 7.43. The van der Waals surface area contributed by atoms with Crippen LogP contribution in [0, 0.1) is 11.6 Å². The van der Waals surface area contributed by atoms with Crippen LogP contribution in [0.2, 0.25) is 0 Å². The molecule has 0 aliphatic rings. The first-order chi connectivity index (χ1) is 13.6. The number of hydrogen-bond acceptors (Lipinski definition) is 4. The second-order valence-electron chi connectivity index (χ2n) is 6.02. The number of halogens is 5. The molecule has 2 N–H and O–H groups in total. The smallest absolute Gasteiger partial charge is 0.387 e. The van der Waals surface area contributed by atoms with Gasteiger partial charge < -0.3 is 10.4 Å². The van der Waals surface area contributed by atoms with Crippen molar-refractivity contribution in [3.8, 4) is 10.6 Å². The molecule has 1 heterocycles. The van der Waals surface area contributed by atoms with Crippen LogP contribution in [0.5, 0.6) is 0 Å². The minimum Gasteiger partial charge on any atom is -0.387 e. The Morgan fingerprint density at radius 1 is 1.14 bits per heavy atom. The molecule has 0 aliphatic heterocycles. The van der Waals surface area contributed by atoms with Gasteiger partial charge in [0.1, 0.15) is 10.7 Å². The number of benzene rings is 2. The van der Waals surface area contributed by atoms with Crippen molar-refractivity contribution in [2.75, 3.05) is 6.54 Å². The molecular formula is C19H13F5N2O2S. The minimum absolute atomic E-state index is 0.0418. The first kappa shape index (κ1) is 20.9. The number of carbonyl (C=O) groups excluding carboxylic acids is 1. The number of rotatable bonds is 5. The summed E-state index contributed by atoms with van der Waals surface area (Å²) in [6.45, 7) is -0.291. The third-order valence-electron chi connectivity index (χ3n) is 3.96. The van der Waals surface area contributed by atoms with Crippen LogP contribution in [0.1, 0.15) is 27.7 Å². The van der Waals surface area contributed by atoms with Gasteiger partial charge in [0.05, 0.1) is 11.7 Å². The lowest BCUT2D eigenvalue weighted by Crippen LogP contribution is -2.28. The lowest BCUT2D eigenvalue weighted by atomic mass is 10.1. The number of aliphatic hydroxyl groups is 1. The summed E-state index contributed by atoms with van der Waals surface area (Å²) in [5.74, 6) is -2.85. The average molecular weight is 428 g/mol. The molecule has 0 saturated heterocycles. The van der Waals surface area contributed by atoms with Gasteiger partial charge in [-0.25, -0.2) is 13.8 Å². The molecule has 3 aromatic rings. The van der Waals surface area contributed by atoms with Crippen LogP contribution in [-0.4, -0.2) is 22.5 Å². The summed E-state index contributed by atoms with van der Waals surface area (Å²) in [4.78, 5) is 16.2. The van der Waals surface area contributed by atoms with Crippen molar-refractivity contribution in [3.63, 3.8) is 0 Å². The van der Waals surface area contributed by atoms with E-state index in [1.165, 1.54) is 23.6 Å². The molecule has 0 spiro atoms. The normalized spacial score (nSPS) is 12.6. The van der Waals surface area contributed by atoms with Crippen LogP contribution in [0.4, 0.5) is 22.0 Å². The number of nitrogens with zero attached hydrogens (tertiary/aromatic N) is 1. The highest BCUT2D eigenvalue weighted by atomic mass is 32.1. The molecule has 1 unspecified atom stereocenters. The van der Waals surface area contributed by atoms with Gasteiger partial charge in [-0.3, -0.25) is 4.79 Å². The summed E-state index contributed by atoms with van der Waals surface area (Å²) in [7, 11) is 0. The number of amides is 1. The molecule has 0 aliphatic carbocycles. The number of aliphatic hydroxyl groups excluding tert-OH is 1. The van der Waals surface area contributed by atoms with Gasteiger partial charge in [0.2, 0.25) is 0 Å². The fraction of sp³-hybridized carbons (Fsp3) is 0.158. The highest BCUT2D eigenvalue weighted by molar-refractivity contribution is 7.13. The monoisotopic (exact) mass is 428 g/mol. The van der Waals surface area contributed by atoms with E-state index in [9.17, 15) is 31.9 Å². The highest BCUT2D eigenvalue weighted by Gasteiger charge is 2.30. The quantitative estimate of drug-likeness (QED) is 0.586. The van der Waals surface area contributed by atoms with Crippen LogP contribution in [0.15, 0.2) is 47.8 Å². The third-order valence-corrected chi connectivity index (χ3v) is 4.85. The largest absolute Gasteiger partial charge is 0.416 e. The molecule has 0 bridgehead atoms.